The van der Waals surface area contributed by atoms with Crippen molar-refractivity contribution in [2.75, 3.05) is 24.4 Å². The molecule has 1 aliphatic rings. The van der Waals surface area contributed by atoms with Crippen LogP contribution < -0.4 is 10.6 Å². The van der Waals surface area contributed by atoms with Gasteiger partial charge >= 0.3 is 0 Å². The van der Waals surface area contributed by atoms with Gasteiger partial charge in [-0.1, -0.05) is 12.1 Å². The lowest BCUT2D eigenvalue weighted by molar-refractivity contribution is -0.119. The van der Waals surface area contributed by atoms with Crippen LogP contribution in [0.4, 0.5) is 5.69 Å². The van der Waals surface area contributed by atoms with E-state index >= 15 is 0 Å². The van der Waals surface area contributed by atoms with Gasteiger partial charge in [0, 0.05) is 18.0 Å². The molecule has 0 aromatic heterocycles. The SMILES string of the molecule is CNC(CS(C)(=O)=O)c1ccc2c(c1)C(C)(C)C(=O)N2. The first kappa shape index (κ1) is 15.0. The first-order valence-electron chi connectivity index (χ1n) is 6.46. The number of nitrogens with one attached hydrogen (secondary N) is 2. The molecule has 6 heteroatoms. The largest absolute Gasteiger partial charge is 0.325 e. The fourth-order valence-electron chi connectivity index (χ4n) is 2.45. The van der Waals surface area contributed by atoms with Crippen LogP contribution in [-0.2, 0) is 20.0 Å². The van der Waals surface area contributed by atoms with E-state index in [2.05, 4.69) is 10.6 Å². The van der Waals surface area contributed by atoms with Gasteiger partial charge in [0.1, 0.15) is 9.84 Å². The van der Waals surface area contributed by atoms with E-state index in [1.165, 1.54) is 6.26 Å². The Labute approximate surface area is 119 Å². The topological polar surface area (TPSA) is 75.3 Å². The predicted molar refractivity (Wildman–Crippen MR) is 79.6 cm³/mol. The van der Waals surface area contributed by atoms with Crippen LogP contribution in [0.5, 0.6) is 0 Å². The van der Waals surface area contributed by atoms with Gasteiger partial charge in [-0.05, 0) is 38.1 Å². The summed E-state index contributed by atoms with van der Waals surface area (Å²) in [7, 11) is -1.35. The Bertz CT molecular complexity index is 650. The van der Waals surface area contributed by atoms with E-state index in [1.807, 2.05) is 32.0 Å². The summed E-state index contributed by atoms with van der Waals surface area (Å²) in [5.41, 5.74) is 2.00. The number of sulfone groups is 1. The molecule has 2 rings (SSSR count). The summed E-state index contributed by atoms with van der Waals surface area (Å²) in [6, 6.07) is 5.33. The van der Waals surface area contributed by atoms with E-state index in [4.69, 9.17) is 0 Å². The maximum Gasteiger partial charge on any atom is 0.234 e. The molecule has 1 amide bonds. The molecule has 2 N–H and O–H groups in total. The van der Waals surface area contributed by atoms with Crippen molar-refractivity contribution in [3.63, 3.8) is 0 Å². The molecule has 110 valence electrons. The fourth-order valence-corrected chi connectivity index (χ4v) is 3.42. The summed E-state index contributed by atoms with van der Waals surface area (Å²) in [5, 5.41) is 5.86. The number of carbonyl (C=O) groups excluding carboxylic acids is 1. The van der Waals surface area contributed by atoms with Gasteiger partial charge in [-0.2, -0.15) is 0 Å². The third-order valence-electron chi connectivity index (χ3n) is 3.75. The van der Waals surface area contributed by atoms with Gasteiger partial charge in [0.05, 0.1) is 11.2 Å². The molecule has 0 spiro atoms. The van der Waals surface area contributed by atoms with Crippen LogP contribution in [0.25, 0.3) is 0 Å². The zero-order chi connectivity index (χ0) is 15.1. The van der Waals surface area contributed by atoms with Gasteiger partial charge < -0.3 is 10.6 Å². The molecule has 0 fully saturated rings. The minimum Gasteiger partial charge on any atom is -0.325 e. The number of fused-ring (bicyclic) bond motifs is 1. The average molecular weight is 296 g/mol. The van der Waals surface area contributed by atoms with Crippen molar-refractivity contribution in [2.45, 2.75) is 25.3 Å². The Morgan fingerprint density at radius 1 is 1.35 bits per heavy atom. The molecule has 1 aromatic carbocycles. The number of anilines is 1. The Kier molecular flexibility index (Phi) is 3.64. The van der Waals surface area contributed by atoms with Gasteiger partial charge in [0.15, 0.2) is 0 Å². The highest BCUT2D eigenvalue weighted by Gasteiger charge is 2.38. The molecule has 0 aliphatic carbocycles. The van der Waals surface area contributed by atoms with Crippen LogP contribution in [0, 0.1) is 0 Å². The van der Waals surface area contributed by atoms with E-state index in [0.29, 0.717) is 0 Å². The number of hydrogen-bond donors (Lipinski definition) is 2. The summed E-state index contributed by atoms with van der Waals surface area (Å²) in [6.45, 7) is 3.73. The van der Waals surface area contributed by atoms with Crippen molar-refractivity contribution in [1.29, 1.82) is 0 Å². The van der Waals surface area contributed by atoms with Crippen molar-refractivity contribution in [3.05, 3.63) is 29.3 Å². The van der Waals surface area contributed by atoms with Crippen molar-refractivity contribution < 1.29 is 13.2 Å². The van der Waals surface area contributed by atoms with Crippen LogP contribution in [0.1, 0.15) is 31.0 Å². The number of hydrogen-bond acceptors (Lipinski definition) is 4. The predicted octanol–water partition coefficient (Wildman–Crippen LogP) is 1.22. The van der Waals surface area contributed by atoms with Gasteiger partial charge in [-0.15, -0.1) is 0 Å². The van der Waals surface area contributed by atoms with Crippen LogP contribution in [0.15, 0.2) is 18.2 Å². The first-order chi connectivity index (χ1) is 9.15. The second kappa shape index (κ2) is 4.86. The van der Waals surface area contributed by atoms with Crippen molar-refractivity contribution in [3.8, 4) is 0 Å². The average Bonchev–Trinajstić information content (AvgIpc) is 2.56. The molecule has 1 unspecified atom stereocenters. The first-order valence-corrected chi connectivity index (χ1v) is 8.52. The van der Waals surface area contributed by atoms with E-state index < -0.39 is 15.3 Å². The molecule has 1 atom stereocenters. The van der Waals surface area contributed by atoms with Crippen molar-refractivity contribution >= 4 is 21.4 Å². The van der Waals surface area contributed by atoms with Crippen LogP contribution in [0.2, 0.25) is 0 Å². The molecular weight excluding hydrogens is 276 g/mol. The molecule has 5 nitrogen and oxygen atoms in total. The summed E-state index contributed by atoms with van der Waals surface area (Å²) in [5.74, 6) is -0.00171. The number of carbonyl (C=O) groups is 1. The third kappa shape index (κ3) is 2.71. The van der Waals surface area contributed by atoms with Crippen LogP contribution in [0.3, 0.4) is 0 Å². The molecule has 1 heterocycles. The standard InChI is InChI=1S/C14H20N2O3S/c1-14(2)10-7-9(5-6-11(10)16-13(14)17)12(15-3)8-20(4,18)19/h5-7,12,15H,8H2,1-4H3,(H,16,17). The Hall–Kier alpha value is -1.40. The maximum atomic E-state index is 11.9. The Morgan fingerprint density at radius 2 is 2.00 bits per heavy atom. The highest BCUT2D eigenvalue weighted by molar-refractivity contribution is 7.90. The summed E-state index contributed by atoms with van der Waals surface area (Å²) in [4.78, 5) is 11.9. The monoisotopic (exact) mass is 296 g/mol. The third-order valence-corrected chi connectivity index (χ3v) is 4.69. The van der Waals surface area contributed by atoms with Gasteiger partial charge in [0.25, 0.3) is 0 Å². The van der Waals surface area contributed by atoms with Crippen LogP contribution in [-0.4, -0.2) is 33.4 Å². The lowest BCUT2D eigenvalue weighted by Gasteiger charge is -2.19. The second-order valence-corrected chi connectivity index (χ2v) is 8.00. The number of benzene rings is 1. The van der Waals surface area contributed by atoms with Gasteiger partial charge in [0.2, 0.25) is 5.91 Å². The molecule has 1 aromatic rings. The lowest BCUT2D eigenvalue weighted by atomic mass is 9.85. The Balaban J connectivity index is 2.41. The summed E-state index contributed by atoms with van der Waals surface area (Å²) < 4.78 is 23.0. The highest BCUT2D eigenvalue weighted by atomic mass is 32.2. The molecule has 20 heavy (non-hydrogen) atoms. The molecular formula is C14H20N2O3S. The minimum atomic E-state index is -3.08. The Morgan fingerprint density at radius 3 is 2.55 bits per heavy atom. The quantitative estimate of drug-likeness (QED) is 0.876. The molecule has 1 aliphatic heterocycles. The molecule has 0 saturated carbocycles. The van der Waals surface area contributed by atoms with Crippen LogP contribution >= 0.6 is 0 Å². The number of amides is 1. The minimum absolute atomic E-state index is 0.0318. The van der Waals surface area contributed by atoms with E-state index in [9.17, 15) is 13.2 Å². The summed E-state index contributed by atoms with van der Waals surface area (Å²) in [6.07, 6.45) is 1.22. The fraction of sp³-hybridized carbons (Fsp3) is 0.500. The lowest BCUT2D eigenvalue weighted by Crippen LogP contribution is -2.27. The van der Waals surface area contributed by atoms with Crippen molar-refractivity contribution in [2.24, 2.45) is 0 Å². The van der Waals surface area contributed by atoms with E-state index in [0.717, 1.165) is 16.8 Å². The zero-order valence-corrected chi connectivity index (χ0v) is 13.0. The molecule has 0 saturated heterocycles. The highest BCUT2D eigenvalue weighted by Crippen LogP contribution is 2.38. The van der Waals surface area contributed by atoms with Gasteiger partial charge in [-0.3, -0.25) is 4.79 Å². The second-order valence-electron chi connectivity index (χ2n) is 5.82. The van der Waals surface area contributed by atoms with Gasteiger partial charge in [-0.25, -0.2) is 8.42 Å². The molecule has 0 radical (unpaired) electrons. The maximum absolute atomic E-state index is 11.9. The smallest absolute Gasteiger partial charge is 0.234 e. The number of rotatable bonds is 4. The summed E-state index contributed by atoms with van der Waals surface area (Å²) >= 11 is 0. The molecule has 0 bridgehead atoms. The zero-order valence-electron chi connectivity index (χ0n) is 12.1. The van der Waals surface area contributed by atoms with E-state index in [1.54, 1.807) is 7.05 Å². The van der Waals surface area contributed by atoms with Crippen molar-refractivity contribution in [1.82, 2.24) is 5.32 Å². The normalized spacial score (nSPS) is 18.5. The van der Waals surface area contributed by atoms with E-state index in [-0.39, 0.29) is 17.7 Å².